The smallest absolute Gasteiger partial charge is 0.253 e. The average Bonchev–Trinajstić information content (AvgIpc) is 2.61. The van der Waals surface area contributed by atoms with Crippen LogP contribution in [-0.4, -0.2) is 36.1 Å². The molecule has 0 aromatic heterocycles. The van der Waals surface area contributed by atoms with E-state index in [-0.39, 0.29) is 17.9 Å². The van der Waals surface area contributed by atoms with Crippen molar-refractivity contribution in [2.75, 3.05) is 14.1 Å². The lowest BCUT2D eigenvalue weighted by Crippen LogP contribution is -2.36. The van der Waals surface area contributed by atoms with Crippen LogP contribution in [0.1, 0.15) is 34.5 Å². The third kappa shape index (κ3) is 4.43. The summed E-state index contributed by atoms with van der Waals surface area (Å²) in [4.78, 5) is 13.5. The molecule has 0 saturated carbocycles. The third-order valence-corrected chi connectivity index (χ3v) is 4.33. The maximum atomic E-state index is 11.9. The minimum absolute atomic E-state index is 0.00852. The van der Waals surface area contributed by atoms with Gasteiger partial charge in [0, 0.05) is 25.7 Å². The monoisotopic (exact) mass is 326 g/mol. The Labute approximate surface area is 143 Å². The summed E-state index contributed by atoms with van der Waals surface area (Å²) in [6, 6.07) is 16.7. The molecule has 2 aromatic rings. The molecule has 4 nitrogen and oxygen atoms in total. The van der Waals surface area contributed by atoms with Crippen LogP contribution < -0.4 is 5.73 Å². The van der Waals surface area contributed by atoms with Gasteiger partial charge in [0.05, 0.1) is 6.10 Å². The molecule has 0 aliphatic carbocycles. The van der Waals surface area contributed by atoms with Crippen molar-refractivity contribution < 1.29 is 9.90 Å². The third-order valence-electron chi connectivity index (χ3n) is 4.33. The lowest BCUT2D eigenvalue weighted by molar-refractivity contribution is 0.0827. The van der Waals surface area contributed by atoms with E-state index in [4.69, 9.17) is 5.73 Å². The van der Waals surface area contributed by atoms with E-state index in [0.29, 0.717) is 5.56 Å². The number of amides is 1. The Bertz CT molecular complexity index is 653. The summed E-state index contributed by atoms with van der Waals surface area (Å²) >= 11 is 0. The Morgan fingerprint density at radius 1 is 1.08 bits per heavy atom. The van der Waals surface area contributed by atoms with Crippen LogP contribution in [0, 0.1) is 5.92 Å². The molecule has 3 N–H and O–H groups in total. The maximum absolute atomic E-state index is 11.9. The van der Waals surface area contributed by atoms with E-state index in [1.807, 2.05) is 61.5 Å². The number of carbonyl (C=O) groups is 1. The van der Waals surface area contributed by atoms with Crippen LogP contribution in [0.4, 0.5) is 0 Å². The zero-order chi connectivity index (χ0) is 17.7. The van der Waals surface area contributed by atoms with E-state index in [2.05, 4.69) is 0 Å². The molecule has 3 atom stereocenters. The van der Waals surface area contributed by atoms with Crippen LogP contribution in [0.2, 0.25) is 0 Å². The van der Waals surface area contributed by atoms with Gasteiger partial charge < -0.3 is 15.7 Å². The van der Waals surface area contributed by atoms with E-state index >= 15 is 0 Å². The van der Waals surface area contributed by atoms with E-state index in [1.54, 1.807) is 19.0 Å². The Kier molecular flexibility index (Phi) is 6.12. The summed E-state index contributed by atoms with van der Waals surface area (Å²) in [6.45, 7) is 2.04. The second-order valence-corrected chi connectivity index (χ2v) is 6.51. The molecule has 0 heterocycles. The molecule has 128 valence electrons. The van der Waals surface area contributed by atoms with Gasteiger partial charge in [-0.2, -0.15) is 0 Å². The molecule has 0 bridgehead atoms. The Balaban J connectivity index is 2.01. The van der Waals surface area contributed by atoms with Gasteiger partial charge in [0.1, 0.15) is 0 Å². The van der Waals surface area contributed by atoms with Gasteiger partial charge in [0.2, 0.25) is 0 Å². The molecule has 24 heavy (non-hydrogen) atoms. The first-order valence-corrected chi connectivity index (χ1v) is 8.19. The molecule has 0 aliphatic heterocycles. The minimum Gasteiger partial charge on any atom is -0.387 e. The Morgan fingerprint density at radius 3 is 2.21 bits per heavy atom. The number of carbonyl (C=O) groups excluding carboxylic acids is 1. The van der Waals surface area contributed by atoms with Crippen LogP contribution in [0.3, 0.4) is 0 Å². The number of nitrogens with zero attached hydrogens (tertiary/aromatic N) is 1. The second-order valence-electron chi connectivity index (χ2n) is 6.51. The average molecular weight is 326 g/mol. The quantitative estimate of drug-likeness (QED) is 0.857. The number of hydrogen-bond acceptors (Lipinski definition) is 3. The number of aliphatic hydroxyl groups is 1. The molecular formula is C20H26N2O2. The largest absolute Gasteiger partial charge is 0.387 e. The summed E-state index contributed by atoms with van der Waals surface area (Å²) < 4.78 is 0. The van der Waals surface area contributed by atoms with Crippen molar-refractivity contribution in [3.63, 3.8) is 0 Å². The standard InChI is InChI=1S/C20H26N2O2/c1-14(18(21)19(23)16-7-5-4-6-8-16)13-15-9-11-17(12-10-15)20(24)22(2)3/h4-12,14,18-19,23H,13,21H2,1-3H3. The predicted molar refractivity (Wildman–Crippen MR) is 96.7 cm³/mol. The fourth-order valence-electron chi connectivity index (χ4n) is 2.73. The highest BCUT2D eigenvalue weighted by Crippen LogP contribution is 2.23. The molecule has 4 heteroatoms. The molecule has 3 unspecified atom stereocenters. The van der Waals surface area contributed by atoms with Gasteiger partial charge in [-0.25, -0.2) is 0 Å². The van der Waals surface area contributed by atoms with Gasteiger partial charge in [0.25, 0.3) is 5.91 Å². The van der Waals surface area contributed by atoms with Gasteiger partial charge in [-0.05, 0) is 35.6 Å². The zero-order valence-electron chi connectivity index (χ0n) is 14.5. The molecule has 0 radical (unpaired) electrons. The van der Waals surface area contributed by atoms with Crippen molar-refractivity contribution in [1.29, 1.82) is 0 Å². The summed E-state index contributed by atoms with van der Waals surface area (Å²) in [5.41, 5.74) is 8.86. The van der Waals surface area contributed by atoms with E-state index in [9.17, 15) is 9.90 Å². The molecule has 0 aliphatic rings. The lowest BCUT2D eigenvalue weighted by atomic mass is 9.88. The predicted octanol–water partition coefficient (Wildman–Crippen LogP) is 2.63. The topological polar surface area (TPSA) is 66.6 Å². The summed E-state index contributed by atoms with van der Waals surface area (Å²) in [6.07, 6.45) is 0.0670. The highest BCUT2D eigenvalue weighted by molar-refractivity contribution is 5.93. The van der Waals surface area contributed by atoms with Crippen LogP contribution >= 0.6 is 0 Å². The van der Waals surface area contributed by atoms with Crippen molar-refractivity contribution >= 4 is 5.91 Å². The van der Waals surface area contributed by atoms with Crippen LogP contribution in [0.15, 0.2) is 54.6 Å². The summed E-state index contributed by atoms with van der Waals surface area (Å²) in [5.74, 6) is 0.0985. The fraction of sp³-hybridized carbons (Fsp3) is 0.350. The number of aliphatic hydroxyl groups excluding tert-OH is 1. The number of benzene rings is 2. The van der Waals surface area contributed by atoms with Crippen LogP contribution in [0.25, 0.3) is 0 Å². The van der Waals surface area contributed by atoms with Crippen LogP contribution in [0.5, 0.6) is 0 Å². The van der Waals surface area contributed by atoms with Crippen molar-refractivity contribution in [3.05, 3.63) is 71.3 Å². The van der Waals surface area contributed by atoms with Crippen molar-refractivity contribution in [2.45, 2.75) is 25.5 Å². The first-order valence-electron chi connectivity index (χ1n) is 8.19. The molecule has 2 aromatic carbocycles. The highest BCUT2D eigenvalue weighted by atomic mass is 16.3. The second kappa shape index (κ2) is 8.08. The molecule has 0 saturated heterocycles. The Hall–Kier alpha value is -2.17. The Morgan fingerprint density at radius 2 is 1.67 bits per heavy atom. The van der Waals surface area contributed by atoms with Gasteiger partial charge in [0.15, 0.2) is 0 Å². The summed E-state index contributed by atoms with van der Waals surface area (Å²) in [7, 11) is 3.48. The fourth-order valence-corrected chi connectivity index (χ4v) is 2.73. The van der Waals surface area contributed by atoms with Gasteiger partial charge in [-0.15, -0.1) is 0 Å². The highest BCUT2D eigenvalue weighted by Gasteiger charge is 2.23. The number of hydrogen-bond donors (Lipinski definition) is 2. The van der Waals surface area contributed by atoms with Gasteiger partial charge in [-0.3, -0.25) is 4.79 Å². The van der Waals surface area contributed by atoms with E-state index in [1.165, 1.54) is 0 Å². The molecule has 0 fully saturated rings. The zero-order valence-corrected chi connectivity index (χ0v) is 14.5. The van der Waals surface area contributed by atoms with Gasteiger partial charge in [-0.1, -0.05) is 49.4 Å². The van der Waals surface area contributed by atoms with Crippen molar-refractivity contribution in [3.8, 4) is 0 Å². The van der Waals surface area contributed by atoms with Crippen molar-refractivity contribution in [1.82, 2.24) is 4.90 Å². The number of rotatable bonds is 6. The van der Waals surface area contributed by atoms with Crippen molar-refractivity contribution in [2.24, 2.45) is 11.7 Å². The van der Waals surface area contributed by atoms with Crippen LogP contribution in [-0.2, 0) is 6.42 Å². The number of nitrogens with two attached hydrogens (primary N) is 1. The lowest BCUT2D eigenvalue weighted by Gasteiger charge is -2.25. The molecular weight excluding hydrogens is 300 g/mol. The van der Waals surface area contributed by atoms with Gasteiger partial charge >= 0.3 is 0 Å². The summed E-state index contributed by atoms with van der Waals surface area (Å²) in [5, 5.41) is 10.4. The van der Waals surface area contributed by atoms with E-state index < -0.39 is 6.10 Å². The molecule has 1 amide bonds. The van der Waals surface area contributed by atoms with E-state index in [0.717, 1.165) is 17.5 Å². The SMILES string of the molecule is CC(Cc1ccc(C(=O)N(C)C)cc1)C(N)C(O)c1ccccc1. The normalized spacial score (nSPS) is 14.7. The molecule has 2 rings (SSSR count). The maximum Gasteiger partial charge on any atom is 0.253 e. The first kappa shape index (κ1) is 18.2. The minimum atomic E-state index is -0.684. The molecule has 0 spiro atoms. The first-order chi connectivity index (χ1) is 11.4.